The number of aromatic nitrogens is 1. The van der Waals surface area contributed by atoms with Gasteiger partial charge in [0.15, 0.2) is 0 Å². The van der Waals surface area contributed by atoms with E-state index in [0.29, 0.717) is 18.8 Å². The molecule has 0 aliphatic carbocycles. The molecule has 6 heteroatoms. The summed E-state index contributed by atoms with van der Waals surface area (Å²) in [6.07, 6.45) is 1.55. The Hall–Kier alpha value is -2.21. The van der Waals surface area contributed by atoms with E-state index >= 15 is 0 Å². The van der Waals surface area contributed by atoms with Crippen molar-refractivity contribution in [2.75, 3.05) is 13.1 Å². The van der Waals surface area contributed by atoms with Gasteiger partial charge in [0.25, 0.3) is 5.91 Å². The molecule has 2 heterocycles. The third-order valence-electron chi connectivity index (χ3n) is 2.96. The molecule has 0 bridgehead atoms. The first-order chi connectivity index (χ1) is 10.2. The molecule has 0 aliphatic rings. The van der Waals surface area contributed by atoms with E-state index in [4.69, 9.17) is 0 Å². The lowest BCUT2D eigenvalue weighted by Crippen LogP contribution is -2.39. The highest BCUT2D eigenvalue weighted by Gasteiger charge is 2.14. The molecular formula is C15H17N3O2S. The fourth-order valence-corrected chi connectivity index (χ4v) is 2.54. The number of hydrogen-bond acceptors (Lipinski definition) is 4. The molecule has 0 saturated heterocycles. The molecule has 2 amide bonds. The van der Waals surface area contributed by atoms with Crippen molar-refractivity contribution in [2.45, 2.75) is 13.5 Å². The zero-order chi connectivity index (χ0) is 15.1. The number of carbonyl (C=O) groups excluding carboxylic acids is 2. The van der Waals surface area contributed by atoms with Crippen molar-refractivity contribution in [2.24, 2.45) is 0 Å². The zero-order valence-electron chi connectivity index (χ0n) is 11.8. The van der Waals surface area contributed by atoms with E-state index in [0.717, 1.165) is 4.88 Å². The van der Waals surface area contributed by atoms with Crippen molar-refractivity contribution < 1.29 is 9.59 Å². The smallest absolute Gasteiger partial charge is 0.270 e. The van der Waals surface area contributed by atoms with Crippen LogP contribution in [0.25, 0.3) is 0 Å². The van der Waals surface area contributed by atoms with E-state index in [9.17, 15) is 9.59 Å². The average Bonchev–Trinajstić information content (AvgIpc) is 3.03. The SMILES string of the molecule is CCN(Cc1cccs1)C(=O)CNC(=O)c1ccccn1. The van der Waals surface area contributed by atoms with Gasteiger partial charge in [-0.15, -0.1) is 11.3 Å². The molecule has 0 spiro atoms. The van der Waals surface area contributed by atoms with Crippen LogP contribution in [0.5, 0.6) is 0 Å². The minimum absolute atomic E-state index is 0.0192. The van der Waals surface area contributed by atoms with Crippen LogP contribution < -0.4 is 5.32 Å². The van der Waals surface area contributed by atoms with Gasteiger partial charge >= 0.3 is 0 Å². The van der Waals surface area contributed by atoms with Crippen molar-refractivity contribution in [1.29, 1.82) is 0 Å². The number of amides is 2. The molecule has 2 aromatic rings. The lowest BCUT2D eigenvalue weighted by atomic mass is 10.3. The Labute approximate surface area is 127 Å². The van der Waals surface area contributed by atoms with Crippen molar-refractivity contribution >= 4 is 23.2 Å². The molecule has 0 atom stereocenters. The number of nitrogens with one attached hydrogen (secondary N) is 1. The van der Waals surface area contributed by atoms with E-state index < -0.39 is 0 Å². The van der Waals surface area contributed by atoms with Gasteiger partial charge in [-0.2, -0.15) is 0 Å². The van der Waals surface area contributed by atoms with Gasteiger partial charge in [0.1, 0.15) is 5.69 Å². The predicted molar refractivity (Wildman–Crippen MR) is 82.0 cm³/mol. The number of thiophene rings is 1. The Balaban J connectivity index is 1.86. The van der Waals surface area contributed by atoms with Gasteiger partial charge in [0, 0.05) is 17.6 Å². The van der Waals surface area contributed by atoms with Crippen LogP contribution in [-0.2, 0) is 11.3 Å². The van der Waals surface area contributed by atoms with Crippen LogP contribution in [0.3, 0.4) is 0 Å². The third-order valence-corrected chi connectivity index (χ3v) is 3.82. The Morgan fingerprint density at radius 3 is 2.76 bits per heavy atom. The quantitative estimate of drug-likeness (QED) is 0.887. The van der Waals surface area contributed by atoms with Crippen LogP contribution in [0.15, 0.2) is 41.9 Å². The fraction of sp³-hybridized carbons (Fsp3) is 0.267. The molecule has 2 aromatic heterocycles. The molecule has 0 unspecified atom stereocenters. The van der Waals surface area contributed by atoms with E-state index in [-0.39, 0.29) is 18.4 Å². The molecule has 0 fully saturated rings. The van der Waals surface area contributed by atoms with Gasteiger partial charge in [-0.05, 0) is 30.5 Å². The van der Waals surface area contributed by atoms with Gasteiger partial charge in [-0.3, -0.25) is 14.6 Å². The molecule has 0 aromatic carbocycles. The highest BCUT2D eigenvalue weighted by molar-refractivity contribution is 7.09. The maximum atomic E-state index is 12.1. The van der Waals surface area contributed by atoms with E-state index in [1.807, 2.05) is 24.4 Å². The van der Waals surface area contributed by atoms with Gasteiger partial charge in [0.2, 0.25) is 5.91 Å². The highest BCUT2D eigenvalue weighted by atomic mass is 32.1. The first-order valence-corrected chi connectivity index (χ1v) is 7.58. The monoisotopic (exact) mass is 303 g/mol. The lowest BCUT2D eigenvalue weighted by molar-refractivity contribution is -0.130. The summed E-state index contributed by atoms with van der Waals surface area (Å²) in [6.45, 7) is 3.09. The maximum absolute atomic E-state index is 12.1. The van der Waals surface area contributed by atoms with Crippen LogP contribution in [0.1, 0.15) is 22.3 Å². The Morgan fingerprint density at radius 2 is 2.14 bits per heavy atom. The molecule has 110 valence electrons. The normalized spacial score (nSPS) is 10.1. The minimum atomic E-state index is -0.337. The molecule has 1 N–H and O–H groups in total. The molecule has 0 aliphatic heterocycles. The first-order valence-electron chi connectivity index (χ1n) is 6.70. The number of rotatable bonds is 6. The van der Waals surface area contributed by atoms with E-state index in [1.165, 1.54) is 0 Å². The van der Waals surface area contributed by atoms with Gasteiger partial charge < -0.3 is 10.2 Å². The summed E-state index contributed by atoms with van der Waals surface area (Å²) in [4.78, 5) is 30.8. The van der Waals surface area contributed by atoms with E-state index in [2.05, 4.69) is 10.3 Å². The second-order valence-electron chi connectivity index (χ2n) is 4.38. The molecule has 21 heavy (non-hydrogen) atoms. The summed E-state index contributed by atoms with van der Waals surface area (Å²) in [5.74, 6) is -0.439. The van der Waals surface area contributed by atoms with Crippen molar-refractivity contribution in [3.05, 3.63) is 52.5 Å². The number of carbonyl (C=O) groups is 2. The number of pyridine rings is 1. The highest BCUT2D eigenvalue weighted by Crippen LogP contribution is 2.11. The topological polar surface area (TPSA) is 62.3 Å². The fourth-order valence-electron chi connectivity index (χ4n) is 1.82. The Bertz CT molecular complexity index is 584. The summed E-state index contributed by atoms with van der Waals surface area (Å²) in [5.41, 5.74) is 0.312. The maximum Gasteiger partial charge on any atom is 0.270 e. The molecular weight excluding hydrogens is 286 g/mol. The number of likely N-dealkylation sites (N-methyl/N-ethyl adjacent to an activating group) is 1. The van der Waals surface area contributed by atoms with Crippen molar-refractivity contribution in [3.8, 4) is 0 Å². The third kappa shape index (κ3) is 4.39. The minimum Gasteiger partial charge on any atom is -0.342 e. The summed E-state index contributed by atoms with van der Waals surface area (Å²) in [7, 11) is 0. The molecule has 5 nitrogen and oxygen atoms in total. The van der Waals surface area contributed by atoms with Crippen LogP contribution in [0, 0.1) is 0 Å². The van der Waals surface area contributed by atoms with Crippen molar-refractivity contribution in [3.63, 3.8) is 0 Å². The van der Waals surface area contributed by atoms with Crippen molar-refractivity contribution in [1.82, 2.24) is 15.2 Å². The molecule has 0 radical (unpaired) electrons. The molecule has 2 rings (SSSR count). The predicted octanol–water partition coefficient (Wildman–Crippen LogP) is 1.92. The standard InChI is InChI=1S/C15H17N3O2S/c1-2-18(11-12-6-5-9-21-12)14(19)10-17-15(20)13-7-3-4-8-16-13/h3-9H,2,10-11H2,1H3,(H,17,20). The summed E-state index contributed by atoms with van der Waals surface area (Å²) >= 11 is 1.61. The average molecular weight is 303 g/mol. The summed E-state index contributed by atoms with van der Waals surface area (Å²) in [6, 6.07) is 9.04. The second-order valence-corrected chi connectivity index (χ2v) is 5.42. The van der Waals surface area contributed by atoms with Gasteiger partial charge in [0.05, 0.1) is 13.1 Å². The number of nitrogens with zero attached hydrogens (tertiary/aromatic N) is 2. The van der Waals surface area contributed by atoms with Crippen LogP contribution >= 0.6 is 11.3 Å². The zero-order valence-corrected chi connectivity index (χ0v) is 12.6. The Kier molecular flexibility index (Phi) is 5.45. The van der Waals surface area contributed by atoms with Gasteiger partial charge in [-0.1, -0.05) is 12.1 Å². The number of hydrogen-bond donors (Lipinski definition) is 1. The first kappa shape index (κ1) is 15.2. The summed E-state index contributed by atoms with van der Waals surface area (Å²) in [5, 5.41) is 4.59. The summed E-state index contributed by atoms with van der Waals surface area (Å²) < 4.78 is 0. The molecule has 0 saturated carbocycles. The second kappa shape index (κ2) is 7.54. The van der Waals surface area contributed by atoms with E-state index in [1.54, 1.807) is 40.6 Å². The van der Waals surface area contributed by atoms with Crippen LogP contribution in [0.4, 0.5) is 0 Å². The van der Waals surface area contributed by atoms with Crippen LogP contribution in [-0.4, -0.2) is 34.8 Å². The van der Waals surface area contributed by atoms with Gasteiger partial charge in [-0.25, -0.2) is 0 Å². The lowest BCUT2D eigenvalue weighted by Gasteiger charge is -2.20. The largest absolute Gasteiger partial charge is 0.342 e. The van der Waals surface area contributed by atoms with Crippen LogP contribution in [0.2, 0.25) is 0 Å². The Morgan fingerprint density at radius 1 is 1.29 bits per heavy atom.